The molecule has 21 heavy (non-hydrogen) atoms. The highest BCUT2D eigenvalue weighted by Gasteiger charge is 2.13. The quantitative estimate of drug-likeness (QED) is 0.359. The van der Waals surface area contributed by atoms with Crippen molar-refractivity contribution in [2.24, 2.45) is 5.92 Å². The van der Waals surface area contributed by atoms with Gasteiger partial charge in [0.25, 0.3) is 0 Å². The molecule has 0 aromatic rings. The highest BCUT2D eigenvalue weighted by atomic mass is 16.7. The Morgan fingerprint density at radius 1 is 1.10 bits per heavy atom. The topological polar surface area (TPSA) is 35.5 Å². The summed E-state index contributed by atoms with van der Waals surface area (Å²) in [4.78, 5) is 10.4. The van der Waals surface area contributed by atoms with E-state index in [9.17, 15) is 4.79 Å². The minimum atomic E-state index is 0.0760. The van der Waals surface area contributed by atoms with Crippen LogP contribution in [0.4, 0.5) is 0 Å². The van der Waals surface area contributed by atoms with Crippen LogP contribution in [0.2, 0.25) is 0 Å². The van der Waals surface area contributed by atoms with E-state index in [1.165, 1.54) is 57.8 Å². The molecular formula is C18H34O3. The van der Waals surface area contributed by atoms with E-state index in [2.05, 4.69) is 6.92 Å². The highest BCUT2D eigenvalue weighted by Crippen LogP contribution is 2.16. The summed E-state index contributed by atoms with van der Waals surface area (Å²) >= 11 is 0. The molecule has 0 spiro atoms. The average Bonchev–Trinajstić information content (AvgIpc) is 2.50. The molecule has 1 saturated heterocycles. The van der Waals surface area contributed by atoms with Gasteiger partial charge in [0.2, 0.25) is 0 Å². The van der Waals surface area contributed by atoms with Gasteiger partial charge in [-0.15, -0.1) is 0 Å². The summed E-state index contributed by atoms with van der Waals surface area (Å²) in [6.07, 6.45) is 15.6. The monoisotopic (exact) mass is 298 g/mol. The Kier molecular flexibility index (Phi) is 11.8. The van der Waals surface area contributed by atoms with Gasteiger partial charge in [0.05, 0.1) is 0 Å². The number of aldehydes is 1. The van der Waals surface area contributed by atoms with E-state index in [1.54, 1.807) is 0 Å². The lowest BCUT2D eigenvalue weighted by Gasteiger charge is -2.22. The maximum absolute atomic E-state index is 10.4. The lowest BCUT2D eigenvalue weighted by atomic mass is 9.99. The van der Waals surface area contributed by atoms with Gasteiger partial charge in [-0.05, 0) is 31.6 Å². The van der Waals surface area contributed by atoms with E-state index < -0.39 is 0 Å². The van der Waals surface area contributed by atoms with Gasteiger partial charge >= 0.3 is 0 Å². The molecule has 0 aliphatic carbocycles. The van der Waals surface area contributed by atoms with Gasteiger partial charge in [0, 0.05) is 19.6 Å². The molecule has 0 N–H and O–H groups in total. The first-order chi connectivity index (χ1) is 10.3. The van der Waals surface area contributed by atoms with Gasteiger partial charge in [-0.25, -0.2) is 0 Å². The van der Waals surface area contributed by atoms with E-state index in [0.29, 0.717) is 5.92 Å². The fraction of sp³-hybridized carbons (Fsp3) is 0.944. The lowest BCUT2D eigenvalue weighted by molar-refractivity contribution is -0.162. The molecule has 0 bridgehead atoms. The van der Waals surface area contributed by atoms with Crippen molar-refractivity contribution in [1.82, 2.24) is 0 Å². The summed E-state index contributed by atoms with van der Waals surface area (Å²) < 4.78 is 11.3. The van der Waals surface area contributed by atoms with Gasteiger partial charge in [0.1, 0.15) is 6.29 Å². The Balaban J connectivity index is 1.75. The fourth-order valence-electron chi connectivity index (χ4n) is 2.82. The largest absolute Gasteiger partial charge is 0.353 e. The average molecular weight is 298 g/mol. The zero-order valence-corrected chi connectivity index (χ0v) is 13.9. The van der Waals surface area contributed by atoms with Crippen molar-refractivity contribution in [3.05, 3.63) is 0 Å². The highest BCUT2D eigenvalue weighted by molar-refractivity contribution is 5.49. The molecule has 1 fully saturated rings. The standard InChI is InChI=1S/C18H34O3/c1-17(13-14-19)11-7-5-3-2-4-6-9-15-20-18-12-8-10-16-21-18/h14,17-18H,2-13,15-16H2,1H3/t17-,18?/m1/s1. The van der Waals surface area contributed by atoms with Crippen LogP contribution in [0, 0.1) is 5.92 Å². The van der Waals surface area contributed by atoms with E-state index in [1.807, 2.05) is 0 Å². The van der Waals surface area contributed by atoms with Gasteiger partial charge in [-0.2, -0.15) is 0 Å². The van der Waals surface area contributed by atoms with Crippen LogP contribution in [-0.2, 0) is 14.3 Å². The van der Waals surface area contributed by atoms with Gasteiger partial charge in [-0.1, -0.05) is 51.9 Å². The van der Waals surface area contributed by atoms with Crippen molar-refractivity contribution < 1.29 is 14.3 Å². The van der Waals surface area contributed by atoms with Crippen LogP contribution in [0.1, 0.15) is 84.0 Å². The molecule has 3 heteroatoms. The molecule has 124 valence electrons. The normalized spacial score (nSPS) is 20.3. The molecule has 0 aromatic carbocycles. The van der Waals surface area contributed by atoms with Gasteiger partial charge in [0.15, 0.2) is 6.29 Å². The molecule has 1 aliphatic heterocycles. The van der Waals surface area contributed by atoms with Crippen molar-refractivity contribution in [1.29, 1.82) is 0 Å². The first-order valence-corrected chi connectivity index (χ1v) is 8.99. The number of unbranched alkanes of at least 4 members (excludes halogenated alkanes) is 6. The number of rotatable bonds is 13. The van der Waals surface area contributed by atoms with Crippen molar-refractivity contribution in [2.45, 2.75) is 90.3 Å². The van der Waals surface area contributed by atoms with E-state index in [0.717, 1.165) is 38.8 Å². The number of carbonyl (C=O) groups is 1. The summed E-state index contributed by atoms with van der Waals surface area (Å²) in [6, 6.07) is 0. The Bertz CT molecular complexity index is 237. The second-order valence-corrected chi connectivity index (χ2v) is 6.44. The molecule has 0 radical (unpaired) electrons. The van der Waals surface area contributed by atoms with Crippen molar-refractivity contribution in [3.8, 4) is 0 Å². The lowest BCUT2D eigenvalue weighted by Crippen LogP contribution is -2.22. The minimum absolute atomic E-state index is 0.0760. The molecule has 1 heterocycles. The summed E-state index contributed by atoms with van der Waals surface area (Å²) in [5.74, 6) is 0.571. The van der Waals surface area contributed by atoms with Crippen LogP contribution in [0.3, 0.4) is 0 Å². The van der Waals surface area contributed by atoms with Gasteiger partial charge < -0.3 is 14.3 Å². The van der Waals surface area contributed by atoms with Gasteiger partial charge in [-0.3, -0.25) is 0 Å². The maximum atomic E-state index is 10.4. The predicted octanol–water partition coefficient (Wildman–Crippen LogP) is 4.88. The number of hydrogen-bond donors (Lipinski definition) is 0. The molecule has 1 aliphatic rings. The molecule has 1 rings (SSSR count). The molecule has 2 atom stereocenters. The second kappa shape index (κ2) is 13.3. The van der Waals surface area contributed by atoms with Crippen LogP contribution in [-0.4, -0.2) is 25.8 Å². The van der Waals surface area contributed by atoms with Crippen LogP contribution < -0.4 is 0 Å². The number of hydrogen-bond acceptors (Lipinski definition) is 3. The SMILES string of the molecule is C[C@@H](CC=O)CCCCCCCCCOC1CCCCO1. The number of ether oxygens (including phenoxy) is 2. The van der Waals surface area contributed by atoms with Crippen LogP contribution in [0.5, 0.6) is 0 Å². The van der Waals surface area contributed by atoms with Crippen LogP contribution in [0.15, 0.2) is 0 Å². The summed E-state index contributed by atoms with van der Waals surface area (Å²) in [7, 11) is 0. The minimum Gasteiger partial charge on any atom is -0.353 e. The molecule has 3 nitrogen and oxygen atoms in total. The Labute approximate surface area is 130 Å². The predicted molar refractivity (Wildman–Crippen MR) is 86.3 cm³/mol. The molecule has 0 saturated carbocycles. The zero-order chi connectivity index (χ0) is 15.2. The summed E-state index contributed by atoms with van der Waals surface area (Å²) in [6.45, 7) is 3.90. The van der Waals surface area contributed by atoms with E-state index in [4.69, 9.17) is 9.47 Å². The Morgan fingerprint density at radius 2 is 1.81 bits per heavy atom. The molecule has 0 amide bonds. The fourth-order valence-corrected chi connectivity index (χ4v) is 2.82. The van der Waals surface area contributed by atoms with E-state index in [-0.39, 0.29) is 6.29 Å². The smallest absolute Gasteiger partial charge is 0.157 e. The third-order valence-electron chi connectivity index (χ3n) is 4.28. The number of carbonyl (C=O) groups excluding carboxylic acids is 1. The molecule has 0 aromatic heterocycles. The Hall–Kier alpha value is -0.410. The Morgan fingerprint density at radius 3 is 2.48 bits per heavy atom. The van der Waals surface area contributed by atoms with Crippen LogP contribution >= 0.6 is 0 Å². The summed E-state index contributed by atoms with van der Waals surface area (Å²) in [5, 5.41) is 0. The van der Waals surface area contributed by atoms with E-state index >= 15 is 0 Å². The maximum Gasteiger partial charge on any atom is 0.157 e. The van der Waals surface area contributed by atoms with Crippen molar-refractivity contribution in [3.63, 3.8) is 0 Å². The first-order valence-electron chi connectivity index (χ1n) is 8.99. The van der Waals surface area contributed by atoms with Crippen LogP contribution in [0.25, 0.3) is 0 Å². The first kappa shape index (κ1) is 18.6. The molecular weight excluding hydrogens is 264 g/mol. The summed E-state index contributed by atoms with van der Waals surface area (Å²) in [5.41, 5.74) is 0. The third kappa shape index (κ3) is 10.9. The zero-order valence-electron chi connectivity index (χ0n) is 13.9. The van der Waals surface area contributed by atoms with Crippen molar-refractivity contribution in [2.75, 3.05) is 13.2 Å². The second-order valence-electron chi connectivity index (χ2n) is 6.44. The van der Waals surface area contributed by atoms with Crippen molar-refractivity contribution >= 4 is 6.29 Å². The third-order valence-corrected chi connectivity index (χ3v) is 4.28. The molecule has 1 unspecified atom stereocenters.